The molecule has 2 rings (SSSR count). The number of amides is 3. The predicted molar refractivity (Wildman–Crippen MR) is 93.3 cm³/mol. The molecule has 0 atom stereocenters. The summed E-state index contributed by atoms with van der Waals surface area (Å²) in [6, 6.07) is 10.4. The Morgan fingerprint density at radius 2 is 1.96 bits per heavy atom. The van der Waals surface area contributed by atoms with Crippen LogP contribution in [0.25, 0.3) is 0 Å². The monoisotopic (exact) mass is 345 g/mol. The van der Waals surface area contributed by atoms with E-state index in [4.69, 9.17) is 4.74 Å². The van der Waals surface area contributed by atoms with Crippen molar-refractivity contribution in [2.45, 2.75) is 6.54 Å². The summed E-state index contributed by atoms with van der Waals surface area (Å²) < 4.78 is 18.5. The molecule has 7 heteroatoms. The first-order valence-electron chi connectivity index (χ1n) is 7.61. The van der Waals surface area contributed by atoms with Crippen LogP contribution in [0.3, 0.4) is 0 Å². The maximum atomic E-state index is 13.2. The summed E-state index contributed by atoms with van der Waals surface area (Å²) in [6.45, 7) is 0.237. The van der Waals surface area contributed by atoms with Gasteiger partial charge in [-0.2, -0.15) is 0 Å². The number of halogens is 1. The topological polar surface area (TPSA) is 70.7 Å². The van der Waals surface area contributed by atoms with E-state index >= 15 is 0 Å². The first kappa shape index (κ1) is 18.3. The van der Waals surface area contributed by atoms with Crippen molar-refractivity contribution in [1.29, 1.82) is 0 Å². The van der Waals surface area contributed by atoms with Crippen LogP contribution >= 0.6 is 0 Å². The van der Waals surface area contributed by atoms with Crippen molar-refractivity contribution in [1.82, 2.24) is 10.2 Å². The number of benzene rings is 2. The van der Waals surface area contributed by atoms with Crippen molar-refractivity contribution in [2.75, 3.05) is 26.5 Å². The normalized spacial score (nSPS) is 10.1. The zero-order chi connectivity index (χ0) is 18.4. The minimum atomic E-state index is -0.406. The van der Waals surface area contributed by atoms with Gasteiger partial charge in [0.15, 0.2) is 0 Å². The third-order valence-corrected chi connectivity index (χ3v) is 3.59. The molecule has 25 heavy (non-hydrogen) atoms. The van der Waals surface area contributed by atoms with Crippen LogP contribution in [0.2, 0.25) is 0 Å². The Labute approximate surface area is 145 Å². The largest absolute Gasteiger partial charge is 0.495 e. The van der Waals surface area contributed by atoms with E-state index in [-0.39, 0.29) is 18.3 Å². The zero-order valence-electron chi connectivity index (χ0n) is 14.3. The van der Waals surface area contributed by atoms with Crippen molar-refractivity contribution in [2.24, 2.45) is 0 Å². The molecule has 0 aliphatic carbocycles. The van der Waals surface area contributed by atoms with Crippen molar-refractivity contribution in [3.63, 3.8) is 0 Å². The van der Waals surface area contributed by atoms with Crippen molar-refractivity contribution in [3.8, 4) is 5.75 Å². The molecule has 132 valence electrons. The standard InChI is InChI=1S/C18H20FN3O3/c1-20-17(23)13-7-8-16(25-3)15(10-13)21-18(24)22(2)11-12-5-4-6-14(19)9-12/h4-10H,11H2,1-3H3,(H,20,23)(H,21,24). The minimum Gasteiger partial charge on any atom is -0.495 e. The van der Waals surface area contributed by atoms with E-state index in [2.05, 4.69) is 10.6 Å². The molecule has 2 aromatic rings. The van der Waals surface area contributed by atoms with Crippen LogP contribution in [0.5, 0.6) is 5.75 Å². The third kappa shape index (κ3) is 4.69. The molecule has 0 unspecified atom stereocenters. The molecule has 0 aliphatic heterocycles. The fourth-order valence-electron chi connectivity index (χ4n) is 2.28. The molecule has 2 aromatic carbocycles. The van der Waals surface area contributed by atoms with E-state index in [0.29, 0.717) is 22.6 Å². The molecule has 0 spiro atoms. The smallest absolute Gasteiger partial charge is 0.321 e. The maximum Gasteiger partial charge on any atom is 0.321 e. The SMILES string of the molecule is CNC(=O)c1ccc(OC)c(NC(=O)N(C)Cc2cccc(F)c2)c1. The summed E-state index contributed by atoms with van der Waals surface area (Å²) >= 11 is 0. The van der Waals surface area contributed by atoms with Gasteiger partial charge in [-0.1, -0.05) is 12.1 Å². The van der Waals surface area contributed by atoms with Crippen LogP contribution in [0.1, 0.15) is 15.9 Å². The molecule has 0 aromatic heterocycles. The zero-order valence-corrected chi connectivity index (χ0v) is 14.3. The molecule has 0 fully saturated rings. The number of nitrogens with zero attached hydrogens (tertiary/aromatic N) is 1. The molecule has 2 N–H and O–H groups in total. The number of anilines is 1. The third-order valence-electron chi connectivity index (χ3n) is 3.59. The van der Waals surface area contributed by atoms with Crippen molar-refractivity contribution < 1.29 is 18.7 Å². The Kier molecular flexibility index (Phi) is 5.94. The maximum absolute atomic E-state index is 13.2. The number of rotatable bonds is 5. The summed E-state index contributed by atoms with van der Waals surface area (Å²) in [7, 11) is 4.59. The summed E-state index contributed by atoms with van der Waals surface area (Å²) in [5.41, 5.74) is 1.44. The number of nitrogens with one attached hydrogen (secondary N) is 2. The number of ether oxygens (including phenoxy) is 1. The fraction of sp³-hybridized carbons (Fsp3) is 0.222. The van der Waals surface area contributed by atoms with E-state index in [1.807, 2.05) is 0 Å². The second-order valence-electron chi connectivity index (χ2n) is 5.41. The van der Waals surface area contributed by atoms with Crippen molar-refractivity contribution >= 4 is 17.6 Å². The van der Waals surface area contributed by atoms with Crippen LogP contribution < -0.4 is 15.4 Å². The average molecular weight is 345 g/mol. The van der Waals surface area contributed by atoms with Crippen LogP contribution in [-0.4, -0.2) is 38.0 Å². The highest BCUT2D eigenvalue weighted by Gasteiger charge is 2.14. The van der Waals surface area contributed by atoms with Gasteiger partial charge in [-0.3, -0.25) is 4.79 Å². The lowest BCUT2D eigenvalue weighted by molar-refractivity contribution is 0.0963. The van der Waals surface area contributed by atoms with E-state index in [9.17, 15) is 14.0 Å². The quantitative estimate of drug-likeness (QED) is 0.875. The number of methoxy groups -OCH3 is 1. The average Bonchev–Trinajstić information content (AvgIpc) is 2.60. The Bertz CT molecular complexity index is 780. The van der Waals surface area contributed by atoms with Gasteiger partial charge in [0.1, 0.15) is 11.6 Å². The number of carbonyl (C=O) groups excluding carboxylic acids is 2. The molecule has 0 saturated carbocycles. The lowest BCUT2D eigenvalue weighted by Crippen LogP contribution is -2.31. The number of hydrogen-bond donors (Lipinski definition) is 2. The van der Waals surface area contributed by atoms with E-state index in [1.54, 1.807) is 31.3 Å². The fourth-order valence-corrected chi connectivity index (χ4v) is 2.28. The van der Waals surface area contributed by atoms with Gasteiger partial charge in [0.25, 0.3) is 5.91 Å². The van der Waals surface area contributed by atoms with E-state index in [0.717, 1.165) is 0 Å². The molecule has 0 saturated heterocycles. The van der Waals surface area contributed by atoms with E-state index in [1.165, 1.54) is 37.3 Å². The molecular weight excluding hydrogens is 325 g/mol. The highest BCUT2D eigenvalue weighted by molar-refractivity contribution is 5.97. The lowest BCUT2D eigenvalue weighted by atomic mass is 10.1. The van der Waals surface area contributed by atoms with Gasteiger partial charge < -0.3 is 20.3 Å². The van der Waals surface area contributed by atoms with Gasteiger partial charge >= 0.3 is 6.03 Å². The minimum absolute atomic E-state index is 0.237. The summed E-state index contributed by atoms with van der Waals surface area (Å²) in [6.07, 6.45) is 0. The Hall–Kier alpha value is -3.09. The highest BCUT2D eigenvalue weighted by atomic mass is 19.1. The highest BCUT2D eigenvalue weighted by Crippen LogP contribution is 2.26. The number of urea groups is 1. The Balaban J connectivity index is 2.14. The first-order valence-corrected chi connectivity index (χ1v) is 7.61. The summed E-state index contributed by atoms with van der Waals surface area (Å²) in [4.78, 5) is 25.5. The van der Waals surface area contributed by atoms with E-state index < -0.39 is 6.03 Å². The van der Waals surface area contributed by atoms with Crippen molar-refractivity contribution in [3.05, 3.63) is 59.4 Å². The summed E-state index contributed by atoms with van der Waals surface area (Å²) in [5.74, 6) is -0.197. The number of hydrogen-bond acceptors (Lipinski definition) is 3. The first-order chi connectivity index (χ1) is 11.9. The van der Waals surface area contributed by atoms with Gasteiger partial charge in [0, 0.05) is 26.2 Å². The van der Waals surface area contributed by atoms with Gasteiger partial charge in [-0.15, -0.1) is 0 Å². The molecule has 0 heterocycles. The number of carbonyl (C=O) groups is 2. The summed E-state index contributed by atoms with van der Waals surface area (Å²) in [5, 5.41) is 5.23. The van der Waals surface area contributed by atoms with Gasteiger partial charge in [0.05, 0.1) is 12.8 Å². The second-order valence-corrected chi connectivity index (χ2v) is 5.41. The Morgan fingerprint density at radius 1 is 1.20 bits per heavy atom. The van der Waals surface area contributed by atoms with Gasteiger partial charge in [-0.25, -0.2) is 9.18 Å². The van der Waals surface area contributed by atoms with Crippen LogP contribution in [0.4, 0.5) is 14.9 Å². The second kappa shape index (κ2) is 8.14. The lowest BCUT2D eigenvalue weighted by Gasteiger charge is -2.19. The predicted octanol–water partition coefficient (Wildman–Crippen LogP) is 2.86. The molecule has 0 aliphatic rings. The molecule has 3 amide bonds. The molecule has 0 bridgehead atoms. The van der Waals surface area contributed by atoms with Crippen LogP contribution in [0, 0.1) is 5.82 Å². The van der Waals surface area contributed by atoms with Gasteiger partial charge in [0.2, 0.25) is 0 Å². The van der Waals surface area contributed by atoms with Crippen LogP contribution in [0.15, 0.2) is 42.5 Å². The molecule has 0 radical (unpaired) electrons. The van der Waals surface area contributed by atoms with Gasteiger partial charge in [-0.05, 0) is 35.9 Å². The molecule has 6 nitrogen and oxygen atoms in total. The Morgan fingerprint density at radius 3 is 2.60 bits per heavy atom. The molecular formula is C18H20FN3O3. The van der Waals surface area contributed by atoms with Crippen LogP contribution in [-0.2, 0) is 6.54 Å².